The number of fused-ring (bicyclic) bond motifs is 3. The number of nitrogens with one attached hydrogen (secondary N) is 1. The average Bonchev–Trinajstić information content (AvgIpc) is 3.18. The summed E-state index contributed by atoms with van der Waals surface area (Å²) in [5, 5.41) is 12.1. The lowest BCUT2D eigenvalue weighted by molar-refractivity contribution is -0.120. The minimum atomic E-state index is -1.13. The number of alkyl carbamates (subject to hydrolysis) is 1. The van der Waals surface area contributed by atoms with Gasteiger partial charge in [-0.25, -0.2) is 9.59 Å². The van der Waals surface area contributed by atoms with Crippen molar-refractivity contribution >= 4 is 23.7 Å². The number of nitrogens with zero attached hydrogens (tertiary/aromatic N) is 1. The van der Waals surface area contributed by atoms with Gasteiger partial charge < -0.3 is 20.1 Å². The van der Waals surface area contributed by atoms with Crippen molar-refractivity contribution in [1.29, 1.82) is 0 Å². The second-order valence-electron chi connectivity index (χ2n) is 8.15. The molecule has 4 rings (SSSR count). The zero-order valence-electron chi connectivity index (χ0n) is 19.0. The van der Waals surface area contributed by atoms with E-state index in [0.29, 0.717) is 6.42 Å². The molecule has 0 spiro atoms. The molecule has 0 saturated heterocycles. The maximum atomic E-state index is 13.0. The van der Waals surface area contributed by atoms with Gasteiger partial charge in [-0.3, -0.25) is 4.79 Å². The Morgan fingerprint density at radius 2 is 1.50 bits per heavy atom. The summed E-state index contributed by atoms with van der Waals surface area (Å²) in [6.45, 7) is 1.91. The Morgan fingerprint density at radius 3 is 2.09 bits per heavy atom. The van der Waals surface area contributed by atoms with Crippen LogP contribution in [-0.2, 0) is 9.53 Å². The Morgan fingerprint density at radius 1 is 0.941 bits per heavy atom. The molecule has 3 aromatic carbocycles. The average molecular weight is 459 g/mol. The number of carbonyl (C=O) groups excluding carboxylic acids is 2. The number of benzene rings is 3. The van der Waals surface area contributed by atoms with Crippen molar-refractivity contribution in [1.82, 2.24) is 5.32 Å². The van der Waals surface area contributed by atoms with Crippen LogP contribution in [-0.4, -0.2) is 42.8 Å². The fourth-order valence-electron chi connectivity index (χ4n) is 4.42. The molecule has 2 N–H and O–H groups in total. The van der Waals surface area contributed by atoms with Gasteiger partial charge in [-0.2, -0.15) is 0 Å². The zero-order valence-corrected chi connectivity index (χ0v) is 19.0. The van der Waals surface area contributed by atoms with Gasteiger partial charge in [0.2, 0.25) is 5.91 Å². The van der Waals surface area contributed by atoms with Crippen LogP contribution in [0.5, 0.6) is 0 Å². The summed E-state index contributed by atoms with van der Waals surface area (Å²) in [5.41, 5.74) is 4.73. The summed E-state index contributed by atoms with van der Waals surface area (Å²) in [6.07, 6.45) is -0.371. The van der Waals surface area contributed by atoms with Gasteiger partial charge in [0.25, 0.3) is 0 Å². The number of likely N-dealkylation sites (N-methyl/N-ethyl adjacent to an activating group) is 1. The van der Waals surface area contributed by atoms with Crippen molar-refractivity contribution in [2.45, 2.75) is 25.3 Å². The fourth-order valence-corrected chi connectivity index (χ4v) is 4.42. The lowest BCUT2D eigenvalue weighted by Crippen LogP contribution is -2.47. The van der Waals surface area contributed by atoms with E-state index in [1.807, 2.05) is 36.4 Å². The molecule has 34 heavy (non-hydrogen) atoms. The van der Waals surface area contributed by atoms with Crippen LogP contribution in [0.3, 0.4) is 0 Å². The van der Waals surface area contributed by atoms with E-state index in [2.05, 4.69) is 17.4 Å². The maximum absolute atomic E-state index is 13.0. The van der Waals surface area contributed by atoms with E-state index in [-0.39, 0.29) is 23.8 Å². The lowest BCUT2D eigenvalue weighted by atomic mass is 9.98. The fraction of sp³-hybridized carbons (Fsp3) is 0.222. The van der Waals surface area contributed by atoms with Gasteiger partial charge in [-0.05, 0) is 40.8 Å². The molecule has 0 saturated carbocycles. The van der Waals surface area contributed by atoms with Crippen LogP contribution in [0.1, 0.15) is 40.7 Å². The quantitative estimate of drug-likeness (QED) is 0.537. The molecule has 174 valence electrons. The van der Waals surface area contributed by atoms with E-state index >= 15 is 0 Å². The van der Waals surface area contributed by atoms with E-state index in [9.17, 15) is 19.5 Å². The second kappa shape index (κ2) is 9.79. The molecule has 7 heteroatoms. The number of hydrogen-bond donors (Lipinski definition) is 2. The van der Waals surface area contributed by atoms with Crippen molar-refractivity contribution in [2.24, 2.45) is 0 Å². The lowest BCUT2D eigenvalue weighted by Gasteiger charge is -2.25. The smallest absolute Gasteiger partial charge is 0.407 e. The molecule has 0 aliphatic heterocycles. The Labute approximate surface area is 198 Å². The largest absolute Gasteiger partial charge is 0.478 e. The Hall–Kier alpha value is -4.13. The van der Waals surface area contributed by atoms with E-state index in [1.165, 1.54) is 18.0 Å². The number of amides is 2. The maximum Gasteiger partial charge on any atom is 0.407 e. The molecule has 1 aliphatic carbocycles. The molecular formula is C27H26N2O5. The summed E-state index contributed by atoms with van der Waals surface area (Å²) < 4.78 is 5.55. The van der Waals surface area contributed by atoms with Crippen molar-refractivity contribution in [3.63, 3.8) is 0 Å². The summed E-state index contributed by atoms with van der Waals surface area (Å²) in [6, 6.07) is 21.5. The van der Waals surface area contributed by atoms with E-state index < -0.39 is 24.0 Å². The number of carboxylic acids is 1. The van der Waals surface area contributed by atoms with Gasteiger partial charge in [0, 0.05) is 13.0 Å². The summed E-state index contributed by atoms with van der Waals surface area (Å²) >= 11 is 0. The van der Waals surface area contributed by atoms with Crippen LogP contribution < -0.4 is 10.2 Å². The third-order valence-electron chi connectivity index (χ3n) is 6.17. The molecule has 7 nitrogen and oxygen atoms in total. The first-order chi connectivity index (χ1) is 16.4. The number of aromatic carboxylic acids is 1. The molecule has 0 bridgehead atoms. The minimum Gasteiger partial charge on any atom is -0.478 e. The molecule has 0 heterocycles. The number of hydrogen-bond acceptors (Lipinski definition) is 4. The number of rotatable bonds is 7. The molecule has 0 fully saturated rings. The van der Waals surface area contributed by atoms with Crippen LogP contribution in [0.2, 0.25) is 0 Å². The van der Waals surface area contributed by atoms with Crippen LogP contribution in [0, 0.1) is 0 Å². The highest BCUT2D eigenvalue weighted by atomic mass is 16.5. The molecular weight excluding hydrogens is 432 g/mol. The van der Waals surface area contributed by atoms with Gasteiger partial charge >= 0.3 is 12.1 Å². The highest BCUT2D eigenvalue weighted by Gasteiger charge is 2.30. The first kappa shape index (κ1) is 23.0. The normalized spacial score (nSPS) is 12.9. The van der Waals surface area contributed by atoms with Crippen LogP contribution >= 0.6 is 0 Å². The zero-order chi connectivity index (χ0) is 24.2. The second-order valence-corrected chi connectivity index (χ2v) is 8.15. The van der Waals surface area contributed by atoms with Gasteiger partial charge in [-0.1, -0.05) is 67.6 Å². The molecule has 1 aliphatic rings. The topological polar surface area (TPSA) is 95.9 Å². The van der Waals surface area contributed by atoms with Crippen LogP contribution in [0.25, 0.3) is 11.1 Å². The van der Waals surface area contributed by atoms with Crippen molar-refractivity contribution in [2.75, 3.05) is 18.6 Å². The predicted molar refractivity (Wildman–Crippen MR) is 129 cm³/mol. The summed E-state index contributed by atoms with van der Waals surface area (Å²) in [7, 11) is 1.49. The number of para-hydroxylation sites is 1. The highest BCUT2D eigenvalue weighted by molar-refractivity contribution is 6.04. The van der Waals surface area contributed by atoms with Gasteiger partial charge in [0.15, 0.2) is 0 Å². The molecule has 0 radical (unpaired) electrons. The monoisotopic (exact) mass is 458 g/mol. The molecule has 0 aromatic heterocycles. The molecule has 3 aromatic rings. The number of ether oxygens (including phenoxy) is 1. The number of carboxylic acid groups (broad SMARTS) is 1. The first-order valence-corrected chi connectivity index (χ1v) is 11.1. The Kier molecular flexibility index (Phi) is 6.63. The molecule has 2 amide bonds. The van der Waals surface area contributed by atoms with Crippen molar-refractivity contribution in [3.8, 4) is 11.1 Å². The summed E-state index contributed by atoms with van der Waals surface area (Å²) in [4.78, 5) is 38.4. The van der Waals surface area contributed by atoms with E-state index in [1.54, 1.807) is 25.1 Å². The Bertz CT molecular complexity index is 1190. The number of anilines is 1. The standard InChI is InChI=1S/C27H26N2O5/c1-3-23(25(30)29(2)24-15-9-8-14-21(24)26(31)32)28-27(33)34-16-22-19-12-6-4-10-17(19)18-11-5-7-13-20(18)22/h4-15,22-23H,3,16H2,1-2H3,(H,28,33)(H,31,32)/t23-/m1/s1. The predicted octanol–water partition coefficient (Wildman–Crippen LogP) is 4.66. The molecule has 1 atom stereocenters. The van der Waals surface area contributed by atoms with E-state index in [4.69, 9.17) is 4.74 Å². The van der Waals surface area contributed by atoms with Gasteiger partial charge in [0.05, 0.1) is 11.3 Å². The third kappa shape index (κ3) is 4.37. The molecule has 0 unspecified atom stereocenters. The Balaban J connectivity index is 1.44. The summed E-state index contributed by atoms with van der Waals surface area (Å²) in [5.74, 6) is -1.64. The SMILES string of the molecule is CC[C@@H](NC(=O)OCC1c2ccccc2-c2ccccc21)C(=O)N(C)c1ccccc1C(=O)O. The third-order valence-corrected chi connectivity index (χ3v) is 6.17. The van der Waals surface area contributed by atoms with Crippen molar-refractivity contribution < 1.29 is 24.2 Å². The van der Waals surface area contributed by atoms with E-state index in [0.717, 1.165) is 22.3 Å². The van der Waals surface area contributed by atoms with Gasteiger partial charge in [-0.15, -0.1) is 0 Å². The van der Waals surface area contributed by atoms with Gasteiger partial charge in [0.1, 0.15) is 12.6 Å². The van der Waals surface area contributed by atoms with Crippen LogP contribution in [0.15, 0.2) is 72.8 Å². The minimum absolute atomic E-state index is 0.00865. The van der Waals surface area contributed by atoms with Crippen LogP contribution in [0.4, 0.5) is 10.5 Å². The first-order valence-electron chi connectivity index (χ1n) is 11.1. The number of carbonyl (C=O) groups is 3. The van der Waals surface area contributed by atoms with Crippen molar-refractivity contribution in [3.05, 3.63) is 89.5 Å². The highest BCUT2D eigenvalue weighted by Crippen LogP contribution is 2.44.